The fraction of sp³-hybridized carbons (Fsp3) is 0.167. The summed E-state index contributed by atoms with van der Waals surface area (Å²) >= 11 is 3.23. The smallest absolute Gasteiger partial charge is 0.247 e. The molecule has 0 saturated heterocycles. The maximum Gasteiger partial charge on any atom is 0.247 e. The van der Waals surface area contributed by atoms with Crippen molar-refractivity contribution in [1.29, 1.82) is 0 Å². The molecule has 0 spiro atoms. The predicted octanol–water partition coefficient (Wildman–Crippen LogP) is 4.86. The van der Waals surface area contributed by atoms with Gasteiger partial charge < -0.3 is 20.7 Å². The Labute approximate surface area is 204 Å². The minimum absolute atomic E-state index is 0.161. The van der Waals surface area contributed by atoms with Gasteiger partial charge in [0.2, 0.25) is 11.8 Å². The van der Waals surface area contributed by atoms with Crippen LogP contribution in [0.4, 0.5) is 21.6 Å². The molecule has 3 N–H and O–H groups in total. The van der Waals surface area contributed by atoms with Crippen molar-refractivity contribution in [3.05, 3.63) is 71.8 Å². The largest absolute Gasteiger partial charge is 0.489 e. The Balaban J connectivity index is 1.87. The van der Waals surface area contributed by atoms with Crippen LogP contribution in [0, 0.1) is 5.82 Å². The third-order valence-electron chi connectivity index (χ3n) is 4.53. The highest BCUT2D eigenvalue weighted by Gasteiger charge is 2.14. The fourth-order valence-corrected chi connectivity index (χ4v) is 3.25. The normalized spacial score (nSPS) is 10.8. The molecule has 0 bridgehead atoms. The van der Waals surface area contributed by atoms with Gasteiger partial charge in [-0.05, 0) is 42.8 Å². The Hall–Kier alpha value is -3.79. The standard InChI is InChI=1S/C24H23BrFN5O3/c1-3-5-6-23(33)27-9-10-34-21-13-19-16(12-20(21)30-22(32)4-2)24(29-14-28-19)31-18-8-7-15(25)11-17(18)26/h4-8,11-14H,2-3,9-10H2,1H3,(H,27,33)(H,30,32)(H,28,29,31). The average molecular weight is 528 g/mol. The number of nitrogens with one attached hydrogen (secondary N) is 3. The molecule has 0 saturated carbocycles. The average Bonchev–Trinajstić information content (AvgIpc) is 2.82. The summed E-state index contributed by atoms with van der Waals surface area (Å²) in [7, 11) is 0. The molecular weight excluding hydrogens is 505 g/mol. The Kier molecular flexibility index (Phi) is 8.69. The van der Waals surface area contributed by atoms with Crippen molar-refractivity contribution in [1.82, 2.24) is 15.3 Å². The summed E-state index contributed by atoms with van der Waals surface area (Å²) in [5.74, 6) is -0.417. The molecule has 0 aliphatic heterocycles. The van der Waals surface area contributed by atoms with Gasteiger partial charge in [0.25, 0.3) is 0 Å². The zero-order chi connectivity index (χ0) is 24.5. The molecule has 3 aromatic rings. The van der Waals surface area contributed by atoms with E-state index >= 15 is 0 Å². The van der Waals surface area contributed by atoms with Gasteiger partial charge in [-0.2, -0.15) is 0 Å². The number of carbonyl (C=O) groups excluding carboxylic acids is 2. The van der Waals surface area contributed by atoms with Crippen LogP contribution in [0.2, 0.25) is 0 Å². The summed E-state index contributed by atoms with van der Waals surface area (Å²) < 4.78 is 20.7. The van der Waals surface area contributed by atoms with Gasteiger partial charge in [-0.1, -0.05) is 35.5 Å². The molecule has 0 atom stereocenters. The second kappa shape index (κ2) is 11.9. The molecule has 176 valence electrons. The number of fused-ring (bicyclic) bond motifs is 1. The predicted molar refractivity (Wildman–Crippen MR) is 134 cm³/mol. The van der Waals surface area contributed by atoms with Gasteiger partial charge in [-0.3, -0.25) is 9.59 Å². The van der Waals surface area contributed by atoms with E-state index in [-0.39, 0.29) is 24.7 Å². The number of aromatic nitrogens is 2. The first-order chi connectivity index (χ1) is 16.4. The van der Waals surface area contributed by atoms with Crippen LogP contribution in [-0.2, 0) is 9.59 Å². The van der Waals surface area contributed by atoms with Crippen molar-refractivity contribution in [2.45, 2.75) is 13.3 Å². The summed E-state index contributed by atoms with van der Waals surface area (Å²) in [6, 6.07) is 7.89. The molecule has 3 rings (SSSR count). The topological polar surface area (TPSA) is 105 Å². The van der Waals surface area contributed by atoms with E-state index in [2.05, 4.69) is 48.4 Å². The summed E-state index contributed by atoms with van der Waals surface area (Å²) in [5, 5.41) is 8.91. The van der Waals surface area contributed by atoms with Crippen LogP contribution in [0.3, 0.4) is 0 Å². The lowest BCUT2D eigenvalue weighted by Gasteiger charge is -2.15. The number of carbonyl (C=O) groups is 2. The highest BCUT2D eigenvalue weighted by molar-refractivity contribution is 9.10. The van der Waals surface area contributed by atoms with Crippen LogP contribution in [0.5, 0.6) is 5.75 Å². The van der Waals surface area contributed by atoms with E-state index in [9.17, 15) is 14.0 Å². The third kappa shape index (κ3) is 6.61. The molecule has 10 heteroatoms. The van der Waals surface area contributed by atoms with Gasteiger partial charge in [0.1, 0.15) is 30.3 Å². The summed E-state index contributed by atoms with van der Waals surface area (Å²) in [4.78, 5) is 32.2. The minimum Gasteiger partial charge on any atom is -0.489 e. The zero-order valence-electron chi connectivity index (χ0n) is 18.4. The number of anilines is 3. The first kappa shape index (κ1) is 24.8. The molecule has 0 unspecified atom stereocenters. The van der Waals surface area contributed by atoms with Crippen LogP contribution in [-0.4, -0.2) is 34.9 Å². The van der Waals surface area contributed by atoms with Crippen molar-refractivity contribution in [2.24, 2.45) is 0 Å². The molecule has 2 amide bonds. The number of hydrogen-bond acceptors (Lipinski definition) is 6. The zero-order valence-corrected chi connectivity index (χ0v) is 20.0. The van der Waals surface area contributed by atoms with Crippen LogP contribution < -0.4 is 20.7 Å². The second-order valence-electron chi connectivity index (χ2n) is 6.98. The van der Waals surface area contributed by atoms with Crippen LogP contribution in [0.25, 0.3) is 10.9 Å². The minimum atomic E-state index is -0.461. The van der Waals surface area contributed by atoms with E-state index in [1.807, 2.05) is 6.92 Å². The van der Waals surface area contributed by atoms with Gasteiger partial charge in [-0.15, -0.1) is 0 Å². The number of rotatable bonds is 10. The van der Waals surface area contributed by atoms with Crippen molar-refractivity contribution in [3.8, 4) is 5.75 Å². The van der Waals surface area contributed by atoms with E-state index in [0.29, 0.717) is 32.6 Å². The lowest BCUT2D eigenvalue weighted by atomic mass is 10.1. The maximum atomic E-state index is 14.3. The Morgan fingerprint density at radius 1 is 1.18 bits per heavy atom. The van der Waals surface area contributed by atoms with Crippen LogP contribution in [0.15, 0.2) is 65.9 Å². The number of ether oxygens (including phenoxy) is 1. The maximum absolute atomic E-state index is 14.3. The van der Waals surface area contributed by atoms with Crippen LogP contribution in [0.1, 0.15) is 13.3 Å². The van der Waals surface area contributed by atoms with Gasteiger partial charge in [0.15, 0.2) is 0 Å². The Morgan fingerprint density at radius 3 is 2.74 bits per heavy atom. The van der Waals surface area contributed by atoms with Gasteiger partial charge in [0, 0.05) is 15.9 Å². The van der Waals surface area contributed by atoms with E-state index < -0.39 is 11.7 Å². The monoisotopic (exact) mass is 527 g/mol. The van der Waals surface area contributed by atoms with E-state index in [1.165, 1.54) is 18.5 Å². The molecule has 1 heterocycles. The van der Waals surface area contributed by atoms with Gasteiger partial charge in [0.05, 0.1) is 23.4 Å². The van der Waals surface area contributed by atoms with Gasteiger partial charge >= 0.3 is 0 Å². The summed E-state index contributed by atoms with van der Waals surface area (Å²) in [6.07, 6.45) is 6.46. The molecule has 0 aliphatic carbocycles. The van der Waals surface area contributed by atoms with E-state index in [0.717, 1.165) is 12.5 Å². The first-order valence-corrected chi connectivity index (χ1v) is 11.2. The quantitative estimate of drug-likeness (QED) is 0.257. The van der Waals surface area contributed by atoms with Crippen molar-refractivity contribution >= 4 is 55.8 Å². The molecule has 0 radical (unpaired) electrons. The molecule has 34 heavy (non-hydrogen) atoms. The lowest BCUT2D eigenvalue weighted by molar-refractivity contribution is -0.116. The molecule has 2 aromatic carbocycles. The number of allylic oxidation sites excluding steroid dienone is 1. The molecule has 8 nitrogen and oxygen atoms in total. The number of halogens is 2. The Morgan fingerprint density at radius 2 is 2.00 bits per heavy atom. The summed E-state index contributed by atoms with van der Waals surface area (Å²) in [6.45, 7) is 5.83. The van der Waals surface area contributed by atoms with Crippen molar-refractivity contribution in [3.63, 3.8) is 0 Å². The highest BCUT2D eigenvalue weighted by atomic mass is 79.9. The van der Waals surface area contributed by atoms with E-state index in [1.54, 1.807) is 30.3 Å². The van der Waals surface area contributed by atoms with Crippen molar-refractivity contribution in [2.75, 3.05) is 23.8 Å². The SMILES string of the molecule is C=CC(=O)Nc1cc2c(Nc3ccc(Br)cc3F)ncnc2cc1OCCNC(=O)C=CCC. The fourth-order valence-electron chi connectivity index (χ4n) is 2.92. The molecular formula is C24H23BrFN5O3. The lowest BCUT2D eigenvalue weighted by Crippen LogP contribution is -2.26. The number of amides is 2. The van der Waals surface area contributed by atoms with Crippen LogP contribution >= 0.6 is 15.9 Å². The van der Waals surface area contributed by atoms with E-state index in [4.69, 9.17) is 4.74 Å². The number of benzene rings is 2. The Bertz CT molecular complexity index is 1250. The molecule has 0 fully saturated rings. The highest BCUT2D eigenvalue weighted by Crippen LogP contribution is 2.34. The summed E-state index contributed by atoms with van der Waals surface area (Å²) in [5.41, 5.74) is 1.09. The first-order valence-electron chi connectivity index (χ1n) is 10.4. The number of hydrogen-bond donors (Lipinski definition) is 3. The molecule has 1 aromatic heterocycles. The van der Waals surface area contributed by atoms with Crippen molar-refractivity contribution < 1.29 is 18.7 Å². The third-order valence-corrected chi connectivity index (χ3v) is 5.02. The second-order valence-corrected chi connectivity index (χ2v) is 7.90. The molecule has 0 aliphatic rings. The number of nitrogens with zero attached hydrogens (tertiary/aromatic N) is 2. The van der Waals surface area contributed by atoms with Gasteiger partial charge in [-0.25, -0.2) is 14.4 Å².